The van der Waals surface area contributed by atoms with Crippen molar-refractivity contribution in [1.29, 1.82) is 0 Å². The predicted octanol–water partition coefficient (Wildman–Crippen LogP) is 2.65. The summed E-state index contributed by atoms with van der Waals surface area (Å²) in [5, 5.41) is 9.50. The van der Waals surface area contributed by atoms with Crippen LogP contribution in [-0.2, 0) is 19.6 Å². The van der Waals surface area contributed by atoms with Crippen molar-refractivity contribution in [3.63, 3.8) is 0 Å². The Hall–Kier alpha value is -2.38. The van der Waals surface area contributed by atoms with Crippen LogP contribution >= 0.6 is 0 Å². The molecule has 0 fully saturated rings. The molecule has 0 radical (unpaired) electrons. The average molecular weight is 350 g/mol. The van der Waals surface area contributed by atoms with Crippen molar-refractivity contribution in [3.8, 4) is 5.75 Å². The third kappa shape index (κ3) is 4.81. The summed E-state index contributed by atoms with van der Waals surface area (Å²) < 4.78 is 24.2. The highest BCUT2D eigenvalue weighted by atomic mass is 32.2. The molecule has 0 spiro atoms. The van der Waals surface area contributed by atoms with Crippen LogP contribution < -0.4 is 0 Å². The lowest BCUT2D eigenvalue weighted by Gasteiger charge is -2.06. The van der Waals surface area contributed by atoms with Gasteiger partial charge in [0, 0.05) is 0 Å². The zero-order valence-corrected chi connectivity index (χ0v) is 14.0. The molecule has 0 saturated heterocycles. The van der Waals surface area contributed by atoms with Gasteiger partial charge >= 0.3 is 5.97 Å². The number of carbonyl (C=O) groups excluding carboxylic acids is 1. The van der Waals surface area contributed by atoms with E-state index in [1.54, 1.807) is 36.4 Å². The Kier molecular flexibility index (Phi) is 5.94. The summed E-state index contributed by atoms with van der Waals surface area (Å²) in [6, 6.07) is 12.5. The van der Waals surface area contributed by atoms with Crippen LogP contribution in [0.3, 0.4) is 0 Å². The molecule has 0 heterocycles. The predicted molar refractivity (Wildman–Crippen MR) is 87.3 cm³/mol. The van der Waals surface area contributed by atoms with Gasteiger partial charge in [-0.1, -0.05) is 29.8 Å². The van der Waals surface area contributed by atoms with E-state index in [0.717, 1.165) is 5.56 Å². The third-order valence-corrected chi connectivity index (χ3v) is 5.10. The van der Waals surface area contributed by atoms with E-state index in [1.807, 2.05) is 6.92 Å². The van der Waals surface area contributed by atoms with Crippen molar-refractivity contribution in [2.45, 2.75) is 18.2 Å². The van der Waals surface area contributed by atoms with E-state index < -0.39 is 15.8 Å². The zero-order valence-electron chi connectivity index (χ0n) is 13.1. The first-order valence-electron chi connectivity index (χ1n) is 7.31. The number of rotatable bonds is 7. The van der Waals surface area contributed by atoms with Crippen molar-refractivity contribution in [1.82, 2.24) is 0 Å². The van der Waals surface area contributed by atoms with Crippen LogP contribution in [0.5, 0.6) is 5.75 Å². The van der Waals surface area contributed by atoms with Gasteiger partial charge in [0.05, 0.1) is 17.3 Å². The maximum Gasteiger partial charge on any atom is 0.376 e. The number of hydrogen-bond donors (Lipinski definition) is 1. The van der Waals surface area contributed by atoms with Crippen molar-refractivity contribution in [2.75, 3.05) is 12.4 Å². The smallest absolute Gasteiger partial charge is 0.376 e. The number of para-hydroxylation sites is 1. The van der Waals surface area contributed by atoms with Crippen LogP contribution in [0.1, 0.15) is 22.3 Å². The summed E-state index contributed by atoms with van der Waals surface area (Å²) in [4.78, 5) is 21.2. The summed E-state index contributed by atoms with van der Waals surface area (Å²) in [5.41, 5.74) is 0.957. The molecule has 6 nitrogen and oxygen atoms in total. The number of phenols is 1. The summed E-state index contributed by atoms with van der Waals surface area (Å²) >= 11 is 0. The third-order valence-electron chi connectivity index (χ3n) is 3.28. The minimum Gasteiger partial charge on any atom is -0.507 e. The highest BCUT2D eigenvalue weighted by Gasteiger charge is 2.15. The van der Waals surface area contributed by atoms with Crippen LogP contribution in [0, 0.1) is 6.92 Å². The van der Waals surface area contributed by atoms with Crippen molar-refractivity contribution in [3.05, 3.63) is 59.7 Å². The topological polar surface area (TPSA) is 89.9 Å². The van der Waals surface area contributed by atoms with Crippen molar-refractivity contribution < 1.29 is 28.1 Å². The van der Waals surface area contributed by atoms with E-state index in [1.165, 1.54) is 12.1 Å². The molecule has 7 heteroatoms. The molecule has 2 rings (SSSR count). The molecule has 0 aliphatic rings. The number of benzene rings is 2. The van der Waals surface area contributed by atoms with Gasteiger partial charge in [-0.2, -0.15) is 4.89 Å². The van der Waals surface area contributed by atoms with Crippen LogP contribution in [0.4, 0.5) is 0 Å². The van der Waals surface area contributed by atoms with Gasteiger partial charge < -0.3 is 5.11 Å². The Morgan fingerprint density at radius 1 is 1.08 bits per heavy atom. The minimum atomic E-state index is -3.40. The largest absolute Gasteiger partial charge is 0.507 e. The van der Waals surface area contributed by atoms with Crippen LogP contribution in [0.2, 0.25) is 0 Å². The normalized spacial score (nSPS) is 11.2. The van der Waals surface area contributed by atoms with Gasteiger partial charge in [0.1, 0.15) is 11.3 Å². The lowest BCUT2D eigenvalue weighted by Crippen LogP contribution is -2.11. The second-order valence-electron chi connectivity index (χ2n) is 5.20. The Labute approximate surface area is 140 Å². The molecule has 0 atom stereocenters. The van der Waals surface area contributed by atoms with Crippen molar-refractivity contribution >= 4 is 15.8 Å². The monoisotopic (exact) mass is 350 g/mol. The summed E-state index contributed by atoms with van der Waals surface area (Å²) in [7, 11) is -3.40. The lowest BCUT2D eigenvalue weighted by atomic mass is 10.2. The molecule has 0 saturated carbocycles. The van der Waals surface area contributed by atoms with E-state index in [-0.39, 0.29) is 35.0 Å². The molecule has 1 N–H and O–H groups in total. The molecule has 24 heavy (non-hydrogen) atoms. The van der Waals surface area contributed by atoms with E-state index in [9.17, 15) is 18.3 Å². The van der Waals surface area contributed by atoms with Gasteiger partial charge in [-0.05, 0) is 37.6 Å². The highest BCUT2D eigenvalue weighted by molar-refractivity contribution is 7.91. The second-order valence-corrected chi connectivity index (χ2v) is 7.30. The lowest BCUT2D eigenvalue weighted by molar-refractivity contribution is -0.240. The van der Waals surface area contributed by atoms with Crippen LogP contribution in [0.15, 0.2) is 53.4 Å². The minimum absolute atomic E-state index is 0.0234. The number of carbonyl (C=O) groups is 1. The Bertz CT molecular complexity index is 796. The van der Waals surface area contributed by atoms with Crippen LogP contribution in [0.25, 0.3) is 0 Å². The number of phenolic OH excluding ortho intramolecular Hbond substituents is 1. The van der Waals surface area contributed by atoms with Gasteiger partial charge in [0.15, 0.2) is 9.84 Å². The maximum atomic E-state index is 12.1. The van der Waals surface area contributed by atoms with E-state index in [2.05, 4.69) is 4.89 Å². The van der Waals surface area contributed by atoms with Gasteiger partial charge in [0.2, 0.25) is 0 Å². The number of aromatic hydroxyl groups is 1. The number of hydrogen-bond acceptors (Lipinski definition) is 6. The number of aryl methyl sites for hydroxylation is 1. The first-order chi connectivity index (χ1) is 11.4. The quantitative estimate of drug-likeness (QED) is 0.469. The second kappa shape index (κ2) is 7.94. The molecule has 128 valence electrons. The fraction of sp³-hybridized carbons (Fsp3) is 0.235. The molecule has 2 aromatic carbocycles. The van der Waals surface area contributed by atoms with E-state index in [4.69, 9.17) is 4.89 Å². The summed E-state index contributed by atoms with van der Waals surface area (Å²) in [6.45, 7) is 1.81. The maximum absolute atomic E-state index is 12.1. The first kappa shape index (κ1) is 18.0. The molecule has 0 amide bonds. The van der Waals surface area contributed by atoms with Gasteiger partial charge in [-0.15, -0.1) is 0 Å². The average Bonchev–Trinajstić information content (AvgIpc) is 2.55. The number of sulfone groups is 1. The molecular weight excluding hydrogens is 332 g/mol. The van der Waals surface area contributed by atoms with E-state index >= 15 is 0 Å². The Morgan fingerprint density at radius 2 is 1.75 bits per heavy atom. The summed E-state index contributed by atoms with van der Waals surface area (Å²) in [6.07, 6.45) is 0.171. The molecule has 2 aromatic rings. The first-order valence-corrected chi connectivity index (χ1v) is 8.96. The van der Waals surface area contributed by atoms with Gasteiger partial charge in [-0.25, -0.2) is 13.2 Å². The molecule has 0 unspecified atom stereocenters. The highest BCUT2D eigenvalue weighted by Crippen LogP contribution is 2.17. The Balaban J connectivity index is 1.78. The Morgan fingerprint density at radius 3 is 2.42 bits per heavy atom. The molecule has 0 aliphatic heterocycles. The van der Waals surface area contributed by atoms with E-state index in [0.29, 0.717) is 0 Å². The fourth-order valence-electron chi connectivity index (χ4n) is 1.96. The van der Waals surface area contributed by atoms with Gasteiger partial charge in [0.25, 0.3) is 0 Å². The molecular formula is C17H18O6S. The SMILES string of the molecule is Cc1ccc(S(=O)(=O)CCCOOC(=O)c2ccccc2O)cc1. The molecule has 0 bridgehead atoms. The molecule has 0 aliphatic carbocycles. The molecule has 0 aromatic heterocycles. The van der Waals surface area contributed by atoms with Crippen LogP contribution in [-0.4, -0.2) is 31.9 Å². The fourth-order valence-corrected chi connectivity index (χ4v) is 3.24. The summed E-state index contributed by atoms with van der Waals surface area (Å²) in [5.74, 6) is -1.17. The van der Waals surface area contributed by atoms with Gasteiger partial charge in [-0.3, -0.25) is 4.89 Å². The standard InChI is InChI=1S/C17H18O6S/c1-13-7-9-14(10-8-13)24(20,21)12-4-11-22-23-17(19)15-5-2-3-6-16(15)18/h2-3,5-10,18H,4,11-12H2,1H3. The zero-order chi connectivity index (χ0) is 17.6. The van der Waals surface area contributed by atoms with Crippen molar-refractivity contribution in [2.24, 2.45) is 0 Å².